The summed E-state index contributed by atoms with van der Waals surface area (Å²) in [6.45, 7) is 5.05. The van der Waals surface area contributed by atoms with Crippen LogP contribution in [0.3, 0.4) is 0 Å². The molecule has 0 spiro atoms. The lowest BCUT2D eigenvalue weighted by molar-refractivity contribution is -0.138. The molecule has 6 nitrogen and oxygen atoms in total. The summed E-state index contributed by atoms with van der Waals surface area (Å²) < 4.78 is 5.82. The van der Waals surface area contributed by atoms with Crippen LogP contribution in [0, 0.1) is 5.41 Å². The summed E-state index contributed by atoms with van der Waals surface area (Å²) in [6.07, 6.45) is 1.85. The predicted molar refractivity (Wildman–Crippen MR) is 103 cm³/mol. The third-order valence-corrected chi connectivity index (χ3v) is 4.94. The highest BCUT2D eigenvalue weighted by Gasteiger charge is 2.51. The Labute approximate surface area is 159 Å². The minimum absolute atomic E-state index is 0.111. The summed E-state index contributed by atoms with van der Waals surface area (Å²) in [6, 6.07) is 13.7. The Morgan fingerprint density at radius 1 is 1.30 bits per heavy atom. The Hall–Kier alpha value is -2.60. The van der Waals surface area contributed by atoms with Crippen LogP contribution in [0.25, 0.3) is 0 Å². The van der Waals surface area contributed by atoms with Crippen molar-refractivity contribution in [1.82, 2.24) is 4.98 Å². The Balaban J connectivity index is 1.48. The molecule has 0 saturated heterocycles. The van der Waals surface area contributed by atoms with Crippen molar-refractivity contribution in [2.75, 3.05) is 18.7 Å². The molecule has 0 amide bonds. The van der Waals surface area contributed by atoms with E-state index in [1.54, 1.807) is 0 Å². The molecule has 1 heterocycles. The first-order chi connectivity index (χ1) is 13.0. The monoisotopic (exact) mass is 370 g/mol. The molecule has 1 saturated carbocycles. The summed E-state index contributed by atoms with van der Waals surface area (Å²) in [7, 11) is 0. The fraction of sp³-hybridized carbons (Fsp3) is 0.429. The number of anilines is 1. The lowest BCUT2D eigenvalue weighted by atomic mass is 9.98. The molecule has 1 aliphatic carbocycles. The highest BCUT2D eigenvalue weighted by molar-refractivity contribution is 5.68. The van der Waals surface area contributed by atoms with Gasteiger partial charge in [0.1, 0.15) is 11.6 Å². The van der Waals surface area contributed by atoms with Crippen molar-refractivity contribution in [3.05, 3.63) is 53.7 Å². The zero-order chi connectivity index (χ0) is 19.3. The van der Waals surface area contributed by atoms with Gasteiger partial charge in [0.05, 0.1) is 19.6 Å². The third-order valence-electron chi connectivity index (χ3n) is 4.94. The summed E-state index contributed by atoms with van der Waals surface area (Å²) in [5.74, 6) is 1.09. The van der Waals surface area contributed by atoms with Crippen molar-refractivity contribution in [2.45, 2.75) is 39.0 Å². The third kappa shape index (κ3) is 5.20. The van der Waals surface area contributed by atoms with Gasteiger partial charge >= 0.3 is 5.97 Å². The van der Waals surface area contributed by atoms with Crippen LogP contribution in [0.15, 0.2) is 42.5 Å². The standard InChI is InChI=1S/C21H26N2O4/c1-3-27-23-19-6-4-5-16(22-19)11-12-26-17-9-7-15(8-10-17)18-13-21(18,2)14-20(24)25/h4-10,18H,3,11-14H2,1-2H3,(H,22,23)(H,24,25). The molecular weight excluding hydrogens is 344 g/mol. The number of carbonyl (C=O) groups is 1. The number of carboxylic acid groups (broad SMARTS) is 1. The van der Waals surface area contributed by atoms with Gasteiger partial charge in [0.2, 0.25) is 0 Å². The number of nitrogens with one attached hydrogen (secondary N) is 1. The van der Waals surface area contributed by atoms with E-state index in [1.807, 2.05) is 56.3 Å². The number of ether oxygens (including phenoxy) is 1. The molecule has 2 aromatic rings. The van der Waals surface area contributed by atoms with Crippen molar-refractivity contribution in [2.24, 2.45) is 5.41 Å². The lowest BCUT2D eigenvalue weighted by Gasteiger charge is -2.10. The first kappa shape index (κ1) is 19.2. The van der Waals surface area contributed by atoms with Gasteiger partial charge in [0.25, 0.3) is 0 Å². The topological polar surface area (TPSA) is 80.7 Å². The molecule has 2 N–H and O–H groups in total. The predicted octanol–water partition coefficient (Wildman–Crippen LogP) is 4.03. The van der Waals surface area contributed by atoms with E-state index in [2.05, 4.69) is 10.5 Å². The molecule has 2 unspecified atom stereocenters. The fourth-order valence-corrected chi connectivity index (χ4v) is 3.36. The maximum atomic E-state index is 11.0. The van der Waals surface area contributed by atoms with E-state index in [0.717, 1.165) is 17.9 Å². The van der Waals surface area contributed by atoms with Crippen molar-refractivity contribution in [3.63, 3.8) is 0 Å². The van der Waals surface area contributed by atoms with E-state index in [-0.39, 0.29) is 11.8 Å². The molecule has 144 valence electrons. The van der Waals surface area contributed by atoms with Gasteiger partial charge in [-0.05, 0) is 54.5 Å². The number of aliphatic carboxylic acids is 1. The average Bonchev–Trinajstić information content (AvgIpc) is 3.31. The van der Waals surface area contributed by atoms with E-state index >= 15 is 0 Å². The fourth-order valence-electron chi connectivity index (χ4n) is 3.36. The Morgan fingerprint density at radius 2 is 2.07 bits per heavy atom. The maximum absolute atomic E-state index is 11.0. The van der Waals surface area contributed by atoms with E-state index in [4.69, 9.17) is 14.7 Å². The number of benzene rings is 1. The minimum Gasteiger partial charge on any atom is -0.493 e. The molecule has 3 rings (SSSR count). The van der Waals surface area contributed by atoms with Crippen LogP contribution in [-0.2, 0) is 16.1 Å². The number of nitrogens with zero attached hydrogens (tertiary/aromatic N) is 1. The largest absolute Gasteiger partial charge is 0.493 e. The SMILES string of the molecule is CCONc1cccc(CCOc2ccc(C3CC3(C)CC(=O)O)cc2)n1. The van der Waals surface area contributed by atoms with Gasteiger partial charge < -0.3 is 9.84 Å². The molecule has 1 aromatic heterocycles. The maximum Gasteiger partial charge on any atom is 0.303 e. The summed E-state index contributed by atoms with van der Waals surface area (Å²) in [5.41, 5.74) is 4.80. The molecule has 0 radical (unpaired) electrons. The van der Waals surface area contributed by atoms with E-state index in [9.17, 15) is 4.79 Å². The van der Waals surface area contributed by atoms with Crippen molar-refractivity contribution in [3.8, 4) is 5.75 Å². The minimum atomic E-state index is -0.728. The Morgan fingerprint density at radius 3 is 2.78 bits per heavy atom. The second-order valence-electron chi connectivity index (χ2n) is 7.20. The molecule has 6 heteroatoms. The van der Waals surface area contributed by atoms with E-state index in [1.165, 1.54) is 5.56 Å². The van der Waals surface area contributed by atoms with Crippen molar-refractivity contribution >= 4 is 11.8 Å². The molecule has 0 aliphatic heterocycles. The zero-order valence-corrected chi connectivity index (χ0v) is 15.8. The van der Waals surface area contributed by atoms with Crippen molar-refractivity contribution in [1.29, 1.82) is 0 Å². The number of pyridine rings is 1. The summed E-state index contributed by atoms with van der Waals surface area (Å²) in [5, 5.41) is 9.01. The lowest BCUT2D eigenvalue weighted by Crippen LogP contribution is -2.07. The van der Waals surface area contributed by atoms with Crippen LogP contribution in [0.1, 0.15) is 43.9 Å². The smallest absolute Gasteiger partial charge is 0.303 e. The number of aromatic nitrogens is 1. The zero-order valence-electron chi connectivity index (χ0n) is 15.8. The van der Waals surface area contributed by atoms with Gasteiger partial charge in [-0.15, -0.1) is 0 Å². The molecule has 2 atom stereocenters. The number of carboxylic acids is 1. The molecule has 0 bridgehead atoms. The van der Waals surface area contributed by atoms with Gasteiger partial charge in [-0.25, -0.2) is 10.5 Å². The normalized spacial score (nSPS) is 20.9. The summed E-state index contributed by atoms with van der Waals surface area (Å²) in [4.78, 5) is 20.6. The van der Waals surface area contributed by atoms with Gasteiger partial charge in [0, 0.05) is 12.1 Å². The van der Waals surface area contributed by atoms with Crippen LogP contribution in [-0.4, -0.2) is 29.3 Å². The number of hydrogen-bond donors (Lipinski definition) is 2. The molecule has 1 aliphatic rings. The highest BCUT2D eigenvalue weighted by Crippen LogP contribution is 2.61. The second kappa shape index (κ2) is 8.39. The van der Waals surface area contributed by atoms with Crippen LogP contribution in [0.5, 0.6) is 5.75 Å². The van der Waals surface area contributed by atoms with Crippen LogP contribution in [0.2, 0.25) is 0 Å². The number of hydrogen-bond acceptors (Lipinski definition) is 5. The first-order valence-corrected chi connectivity index (χ1v) is 9.28. The highest BCUT2D eigenvalue weighted by atomic mass is 16.6. The molecule has 1 aromatic carbocycles. The van der Waals surface area contributed by atoms with Crippen LogP contribution in [0.4, 0.5) is 5.82 Å². The van der Waals surface area contributed by atoms with Crippen LogP contribution < -0.4 is 10.2 Å². The first-order valence-electron chi connectivity index (χ1n) is 9.28. The van der Waals surface area contributed by atoms with Gasteiger partial charge in [-0.1, -0.05) is 25.1 Å². The van der Waals surface area contributed by atoms with Crippen LogP contribution >= 0.6 is 0 Å². The quantitative estimate of drug-likeness (QED) is 0.615. The number of rotatable bonds is 10. The van der Waals surface area contributed by atoms with E-state index < -0.39 is 5.97 Å². The summed E-state index contributed by atoms with van der Waals surface area (Å²) >= 11 is 0. The van der Waals surface area contributed by atoms with Crippen molar-refractivity contribution < 1.29 is 19.5 Å². The van der Waals surface area contributed by atoms with Gasteiger partial charge in [0.15, 0.2) is 0 Å². The average molecular weight is 370 g/mol. The van der Waals surface area contributed by atoms with Gasteiger partial charge in [-0.3, -0.25) is 9.63 Å². The Kier molecular flexibility index (Phi) is 5.96. The molecule has 1 fully saturated rings. The Bertz CT molecular complexity index is 778. The van der Waals surface area contributed by atoms with Gasteiger partial charge in [-0.2, -0.15) is 0 Å². The second-order valence-corrected chi connectivity index (χ2v) is 7.20. The molecular formula is C21H26N2O4. The van der Waals surface area contributed by atoms with E-state index in [0.29, 0.717) is 31.4 Å². The molecule has 27 heavy (non-hydrogen) atoms.